The van der Waals surface area contributed by atoms with Gasteiger partial charge in [0.25, 0.3) is 0 Å². The second-order valence-corrected chi connectivity index (χ2v) is 6.24. The molecule has 0 radical (unpaired) electrons. The fourth-order valence-electron chi connectivity index (χ4n) is 2.10. The van der Waals surface area contributed by atoms with Gasteiger partial charge in [-0.2, -0.15) is 0 Å². The Bertz CT molecular complexity index is 852. The number of hydrogen-bond acceptors (Lipinski definition) is 4. The Hall–Kier alpha value is -2.31. The second kappa shape index (κ2) is 5.23. The fraction of sp³-hybridized carbons (Fsp3) is 0.0667. The van der Waals surface area contributed by atoms with Crippen molar-refractivity contribution >= 4 is 26.7 Å². The van der Waals surface area contributed by atoms with Crippen LogP contribution >= 0.6 is 0 Å². The molecule has 2 aromatic carbocycles. The number of sulfonamides is 1. The van der Waals surface area contributed by atoms with E-state index >= 15 is 0 Å². The highest BCUT2D eigenvalue weighted by Crippen LogP contribution is 2.20. The molecule has 0 aliphatic carbocycles. The molecule has 21 heavy (non-hydrogen) atoms. The number of furan rings is 1. The van der Waals surface area contributed by atoms with E-state index in [0.29, 0.717) is 12.2 Å². The molecule has 0 atom stereocenters. The summed E-state index contributed by atoms with van der Waals surface area (Å²) in [6.07, 6.45) is 0. The number of nitrogens with two attached hydrogens (primary N) is 1. The Morgan fingerprint density at radius 3 is 2.62 bits per heavy atom. The first-order chi connectivity index (χ1) is 10.0. The van der Waals surface area contributed by atoms with Gasteiger partial charge in [-0.15, -0.1) is 0 Å². The van der Waals surface area contributed by atoms with Gasteiger partial charge in [0.1, 0.15) is 11.3 Å². The molecule has 5 nitrogen and oxygen atoms in total. The number of hydrogen-bond donors (Lipinski definition) is 2. The second-order valence-electron chi connectivity index (χ2n) is 4.68. The van der Waals surface area contributed by atoms with Crippen molar-refractivity contribution in [2.24, 2.45) is 5.14 Å². The van der Waals surface area contributed by atoms with Crippen molar-refractivity contribution in [3.63, 3.8) is 0 Å². The van der Waals surface area contributed by atoms with E-state index in [1.807, 2.05) is 30.3 Å². The Labute approximate surface area is 122 Å². The SMILES string of the molecule is NS(=O)(=O)c1cccc(NCc2cc3ccccc3o2)c1. The summed E-state index contributed by atoms with van der Waals surface area (Å²) in [5.41, 5.74) is 1.49. The van der Waals surface area contributed by atoms with Gasteiger partial charge in [0.2, 0.25) is 10.0 Å². The van der Waals surface area contributed by atoms with E-state index in [-0.39, 0.29) is 4.90 Å². The predicted octanol–water partition coefficient (Wildman–Crippen LogP) is 2.69. The van der Waals surface area contributed by atoms with Gasteiger partial charge in [0.15, 0.2) is 0 Å². The lowest BCUT2D eigenvalue weighted by Crippen LogP contribution is -2.12. The number of anilines is 1. The molecular weight excluding hydrogens is 288 g/mol. The fourth-order valence-corrected chi connectivity index (χ4v) is 2.66. The minimum Gasteiger partial charge on any atom is -0.459 e. The molecule has 0 saturated heterocycles. The van der Waals surface area contributed by atoms with Gasteiger partial charge in [-0.05, 0) is 30.3 Å². The summed E-state index contributed by atoms with van der Waals surface area (Å²) in [6, 6.07) is 16.1. The summed E-state index contributed by atoms with van der Waals surface area (Å²) in [4.78, 5) is 0.0807. The first kappa shape index (κ1) is 13.7. The third-order valence-electron chi connectivity index (χ3n) is 3.11. The molecular formula is C15H14N2O3S. The van der Waals surface area contributed by atoms with Crippen LogP contribution < -0.4 is 10.5 Å². The number of nitrogens with one attached hydrogen (secondary N) is 1. The molecule has 0 amide bonds. The van der Waals surface area contributed by atoms with Gasteiger partial charge in [0, 0.05) is 11.1 Å². The highest BCUT2D eigenvalue weighted by molar-refractivity contribution is 7.89. The van der Waals surface area contributed by atoms with Gasteiger partial charge in [0.05, 0.1) is 11.4 Å². The molecule has 108 valence electrons. The molecule has 0 unspecified atom stereocenters. The Morgan fingerprint density at radius 1 is 1.05 bits per heavy atom. The zero-order chi connectivity index (χ0) is 14.9. The van der Waals surface area contributed by atoms with E-state index in [1.165, 1.54) is 12.1 Å². The third kappa shape index (κ3) is 3.07. The topological polar surface area (TPSA) is 85.3 Å². The lowest BCUT2D eigenvalue weighted by molar-refractivity contribution is 0.559. The van der Waals surface area contributed by atoms with Crippen LogP contribution in [0.4, 0.5) is 5.69 Å². The maximum absolute atomic E-state index is 11.3. The van der Waals surface area contributed by atoms with Crippen LogP contribution in [0.3, 0.4) is 0 Å². The molecule has 0 saturated carbocycles. The van der Waals surface area contributed by atoms with Crippen molar-refractivity contribution in [3.8, 4) is 0 Å². The highest BCUT2D eigenvalue weighted by atomic mass is 32.2. The highest BCUT2D eigenvalue weighted by Gasteiger charge is 2.08. The molecule has 1 aromatic heterocycles. The Balaban J connectivity index is 1.78. The van der Waals surface area contributed by atoms with E-state index in [4.69, 9.17) is 9.56 Å². The van der Waals surface area contributed by atoms with E-state index < -0.39 is 10.0 Å². The van der Waals surface area contributed by atoms with Crippen molar-refractivity contribution in [1.82, 2.24) is 0 Å². The van der Waals surface area contributed by atoms with Crippen molar-refractivity contribution in [2.75, 3.05) is 5.32 Å². The van der Waals surface area contributed by atoms with Crippen LogP contribution in [0.25, 0.3) is 11.0 Å². The van der Waals surface area contributed by atoms with Gasteiger partial charge in [-0.25, -0.2) is 13.6 Å². The van der Waals surface area contributed by atoms with Gasteiger partial charge in [-0.1, -0.05) is 24.3 Å². The number of fused-ring (bicyclic) bond motifs is 1. The summed E-state index contributed by atoms with van der Waals surface area (Å²) >= 11 is 0. The standard InChI is InChI=1S/C15H14N2O3S/c16-21(18,19)14-6-3-5-12(9-14)17-10-13-8-11-4-1-2-7-15(11)20-13/h1-9,17H,10H2,(H2,16,18,19). The average Bonchev–Trinajstić information content (AvgIpc) is 2.87. The minimum absolute atomic E-state index is 0.0807. The summed E-state index contributed by atoms with van der Waals surface area (Å²) in [7, 11) is -3.69. The van der Waals surface area contributed by atoms with E-state index in [1.54, 1.807) is 12.1 Å². The molecule has 0 aliphatic heterocycles. The van der Waals surface area contributed by atoms with E-state index in [2.05, 4.69) is 5.32 Å². The maximum Gasteiger partial charge on any atom is 0.238 e. The summed E-state index contributed by atoms with van der Waals surface area (Å²) < 4.78 is 28.3. The van der Waals surface area contributed by atoms with Crippen molar-refractivity contribution in [1.29, 1.82) is 0 Å². The average molecular weight is 302 g/mol. The van der Waals surface area contributed by atoms with Gasteiger partial charge >= 0.3 is 0 Å². The molecule has 0 bridgehead atoms. The van der Waals surface area contributed by atoms with Crippen LogP contribution in [-0.4, -0.2) is 8.42 Å². The zero-order valence-electron chi connectivity index (χ0n) is 11.1. The Morgan fingerprint density at radius 2 is 1.86 bits per heavy atom. The van der Waals surface area contributed by atoms with Crippen LogP contribution in [-0.2, 0) is 16.6 Å². The molecule has 3 aromatic rings. The Kier molecular flexibility index (Phi) is 3.40. The smallest absolute Gasteiger partial charge is 0.238 e. The normalized spacial score (nSPS) is 11.7. The van der Waals surface area contributed by atoms with Crippen LogP contribution in [0.15, 0.2) is 63.9 Å². The van der Waals surface area contributed by atoms with Gasteiger partial charge < -0.3 is 9.73 Å². The molecule has 0 aliphatic rings. The summed E-state index contributed by atoms with van der Waals surface area (Å²) in [5.74, 6) is 0.775. The maximum atomic E-state index is 11.3. The first-order valence-corrected chi connectivity index (χ1v) is 7.91. The number of benzene rings is 2. The molecule has 0 fully saturated rings. The number of primary sulfonamides is 1. The molecule has 6 heteroatoms. The van der Waals surface area contributed by atoms with Crippen molar-refractivity contribution < 1.29 is 12.8 Å². The van der Waals surface area contributed by atoms with Crippen molar-refractivity contribution in [2.45, 2.75) is 11.4 Å². The summed E-state index contributed by atoms with van der Waals surface area (Å²) in [6.45, 7) is 0.461. The van der Waals surface area contributed by atoms with Crippen LogP contribution in [0, 0.1) is 0 Å². The quantitative estimate of drug-likeness (QED) is 0.776. The van der Waals surface area contributed by atoms with Gasteiger partial charge in [-0.3, -0.25) is 0 Å². The van der Waals surface area contributed by atoms with Crippen molar-refractivity contribution in [3.05, 3.63) is 60.4 Å². The largest absolute Gasteiger partial charge is 0.459 e. The lowest BCUT2D eigenvalue weighted by atomic mass is 10.2. The molecule has 0 spiro atoms. The first-order valence-electron chi connectivity index (χ1n) is 6.36. The molecule has 3 rings (SSSR count). The molecule has 3 N–H and O–H groups in total. The minimum atomic E-state index is -3.69. The van der Waals surface area contributed by atoms with Crippen LogP contribution in [0.2, 0.25) is 0 Å². The van der Waals surface area contributed by atoms with Crippen LogP contribution in [0.5, 0.6) is 0 Å². The van der Waals surface area contributed by atoms with E-state index in [0.717, 1.165) is 16.7 Å². The number of para-hydroxylation sites is 1. The molecule has 1 heterocycles. The lowest BCUT2D eigenvalue weighted by Gasteiger charge is -2.05. The predicted molar refractivity (Wildman–Crippen MR) is 81.4 cm³/mol. The zero-order valence-corrected chi connectivity index (χ0v) is 11.9. The van der Waals surface area contributed by atoms with Crippen LogP contribution in [0.1, 0.15) is 5.76 Å². The monoisotopic (exact) mass is 302 g/mol. The summed E-state index contributed by atoms with van der Waals surface area (Å²) in [5, 5.41) is 9.27. The number of rotatable bonds is 4. The third-order valence-corrected chi connectivity index (χ3v) is 4.02. The van der Waals surface area contributed by atoms with E-state index in [9.17, 15) is 8.42 Å².